The molecule has 0 aliphatic rings. The van der Waals surface area contributed by atoms with Gasteiger partial charge >= 0.3 is 11.9 Å². The van der Waals surface area contributed by atoms with Crippen molar-refractivity contribution in [2.45, 2.75) is 129 Å². The summed E-state index contributed by atoms with van der Waals surface area (Å²) in [5.74, 6) is -6.70. The average molecular weight is 787 g/mol. The molecule has 2 rings (SSSR count). The van der Waals surface area contributed by atoms with E-state index in [-0.39, 0.29) is 37.5 Å². The molecule has 17 nitrogen and oxygen atoms in total. The highest BCUT2D eigenvalue weighted by atomic mass is 16.4. The third-order valence-electron chi connectivity index (χ3n) is 9.50. The van der Waals surface area contributed by atoms with Gasteiger partial charge in [0.05, 0.1) is 12.5 Å². The number of nitrogens with two attached hydrogens (primary N) is 2. The van der Waals surface area contributed by atoms with Crippen molar-refractivity contribution < 1.29 is 43.8 Å². The smallest absolute Gasteiger partial charge is 0.326 e. The summed E-state index contributed by atoms with van der Waals surface area (Å²) in [6.45, 7) is 11.2. The van der Waals surface area contributed by atoms with Gasteiger partial charge in [-0.2, -0.15) is 0 Å². The summed E-state index contributed by atoms with van der Waals surface area (Å²) in [6, 6.07) is 0.0588. The van der Waals surface area contributed by atoms with Gasteiger partial charge in [-0.3, -0.25) is 28.8 Å². The number of amides is 5. The highest BCUT2D eigenvalue weighted by Crippen LogP contribution is 2.20. The second-order valence-corrected chi connectivity index (χ2v) is 15.3. The largest absolute Gasteiger partial charge is 0.481 e. The van der Waals surface area contributed by atoms with Crippen LogP contribution < -0.4 is 38.1 Å². The number of para-hydroxylation sites is 1. The standard InChI is InChI=1S/C39H62N8O9/c1-7-23(6)33(47-37(53)29(16-21(2)3)44-34(50)26(41)19-32(48)49)38(54)45-30(18-24-20-42-27-13-9-8-12-25(24)27)36(52)43-28(14-10-11-15-40)35(51)46-31(39(55)56)17-22(4)5/h8-9,12-13,20-23,26,28-31,33,42H,7,10-11,14-19,40-41H2,1-6H3,(H,43,52)(H,44,50)(H,45,54)(H,46,51)(H,47,53)(H,48,49)(H,55,56)/t23-,26-,28-,29-,30-,31-,33-/m0/s1. The number of H-pyrrole nitrogens is 1. The number of fused-ring (bicyclic) bond motifs is 1. The first-order valence-electron chi connectivity index (χ1n) is 19.3. The molecular weight excluding hydrogens is 724 g/mol. The fraction of sp³-hybridized carbons (Fsp3) is 0.615. The third-order valence-corrected chi connectivity index (χ3v) is 9.50. The number of carbonyl (C=O) groups excluding carboxylic acids is 5. The Bertz CT molecular complexity index is 1640. The van der Waals surface area contributed by atoms with Crippen LogP contribution in [0.4, 0.5) is 0 Å². The maximum Gasteiger partial charge on any atom is 0.326 e. The lowest BCUT2D eigenvalue weighted by Gasteiger charge is -2.29. The van der Waals surface area contributed by atoms with Crippen molar-refractivity contribution in [3.63, 3.8) is 0 Å². The molecule has 7 atom stereocenters. The van der Waals surface area contributed by atoms with Gasteiger partial charge < -0.3 is 53.2 Å². The molecule has 17 heteroatoms. The molecule has 0 saturated heterocycles. The normalized spacial score (nSPS) is 15.2. The molecule has 0 spiro atoms. The van der Waals surface area contributed by atoms with Crippen molar-refractivity contribution in [1.82, 2.24) is 31.6 Å². The molecule has 12 N–H and O–H groups in total. The van der Waals surface area contributed by atoms with Crippen molar-refractivity contribution >= 4 is 52.4 Å². The number of benzene rings is 1. The lowest BCUT2D eigenvalue weighted by Crippen LogP contribution is -2.61. The Morgan fingerprint density at radius 2 is 1.27 bits per heavy atom. The van der Waals surface area contributed by atoms with Gasteiger partial charge in [-0.25, -0.2) is 4.79 Å². The minimum absolute atomic E-state index is 0.0154. The van der Waals surface area contributed by atoms with E-state index in [9.17, 15) is 38.7 Å². The zero-order valence-electron chi connectivity index (χ0n) is 33.4. The molecule has 0 saturated carbocycles. The molecule has 0 bridgehead atoms. The van der Waals surface area contributed by atoms with Gasteiger partial charge in [-0.15, -0.1) is 0 Å². The predicted octanol–water partition coefficient (Wildman–Crippen LogP) is 1.29. The van der Waals surface area contributed by atoms with Gasteiger partial charge in [0.15, 0.2) is 0 Å². The van der Waals surface area contributed by atoms with Crippen LogP contribution in [0.2, 0.25) is 0 Å². The predicted molar refractivity (Wildman–Crippen MR) is 211 cm³/mol. The summed E-state index contributed by atoms with van der Waals surface area (Å²) in [4.78, 5) is 94.7. The van der Waals surface area contributed by atoms with E-state index in [1.165, 1.54) is 0 Å². The summed E-state index contributed by atoms with van der Waals surface area (Å²) < 4.78 is 0. The van der Waals surface area contributed by atoms with Gasteiger partial charge in [0.25, 0.3) is 0 Å². The SMILES string of the molecule is CC[C@H](C)[C@H](NC(=O)[C@H](CC(C)C)NC(=O)[C@@H](N)CC(=O)O)C(=O)N[C@@H](Cc1c[nH]c2ccccc12)C(=O)N[C@@H](CCCCN)C(=O)N[C@@H](CC(C)C)C(=O)O. The first-order valence-corrected chi connectivity index (χ1v) is 19.3. The van der Waals surface area contributed by atoms with E-state index in [2.05, 4.69) is 31.6 Å². The van der Waals surface area contributed by atoms with E-state index < -0.39 is 90.1 Å². The van der Waals surface area contributed by atoms with E-state index in [0.717, 1.165) is 10.9 Å². The Morgan fingerprint density at radius 3 is 1.86 bits per heavy atom. The summed E-state index contributed by atoms with van der Waals surface area (Å²) in [6.07, 6.45) is 2.97. The fourth-order valence-corrected chi connectivity index (χ4v) is 6.21. The number of aromatic nitrogens is 1. The first-order chi connectivity index (χ1) is 26.4. The molecule has 0 fully saturated rings. The average Bonchev–Trinajstić information content (AvgIpc) is 3.53. The van der Waals surface area contributed by atoms with Crippen molar-refractivity contribution in [2.24, 2.45) is 29.2 Å². The van der Waals surface area contributed by atoms with Crippen LogP contribution in [0.1, 0.15) is 92.1 Å². The second kappa shape index (κ2) is 23.1. The van der Waals surface area contributed by atoms with Crippen molar-refractivity contribution in [2.75, 3.05) is 6.54 Å². The number of aromatic amines is 1. The van der Waals surface area contributed by atoms with Gasteiger partial charge in [-0.1, -0.05) is 66.2 Å². The number of aliphatic carboxylic acids is 2. The Labute approximate surface area is 328 Å². The molecule has 0 aliphatic heterocycles. The van der Waals surface area contributed by atoms with Crippen molar-refractivity contribution in [3.8, 4) is 0 Å². The molecule has 2 aromatic rings. The summed E-state index contributed by atoms with van der Waals surface area (Å²) in [5.41, 5.74) is 12.9. The van der Waals surface area contributed by atoms with Crippen molar-refractivity contribution in [1.29, 1.82) is 0 Å². The van der Waals surface area contributed by atoms with Crippen molar-refractivity contribution in [3.05, 3.63) is 36.0 Å². The molecular formula is C39H62N8O9. The van der Waals surface area contributed by atoms with E-state index in [4.69, 9.17) is 16.6 Å². The summed E-state index contributed by atoms with van der Waals surface area (Å²) in [7, 11) is 0. The molecule has 0 radical (unpaired) electrons. The molecule has 0 aliphatic carbocycles. The topological polar surface area (TPSA) is 288 Å². The van der Waals surface area contributed by atoms with Crippen LogP contribution >= 0.6 is 0 Å². The number of carboxylic acid groups (broad SMARTS) is 2. The number of unbranched alkanes of at least 4 members (excludes halogenated alkanes) is 1. The van der Waals surface area contributed by atoms with Crippen LogP contribution in [0, 0.1) is 17.8 Å². The molecule has 1 aromatic heterocycles. The molecule has 0 unspecified atom stereocenters. The second-order valence-electron chi connectivity index (χ2n) is 15.3. The number of rotatable bonds is 25. The number of hydrogen-bond donors (Lipinski definition) is 10. The zero-order chi connectivity index (χ0) is 42.1. The lowest BCUT2D eigenvalue weighted by molar-refractivity contribution is -0.143. The number of hydrogen-bond acceptors (Lipinski definition) is 9. The zero-order valence-corrected chi connectivity index (χ0v) is 33.4. The van der Waals surface area contributed by atoms with Gasteiger partial charge in [-0.05, 0) is 68.0 Å². The van der Waals surface area contributed by atoms with Crippen LogP contribution in [-0.4, -0.2) is 99.5 Å². The van der Waals surface area contributed by atoms with Crippen LogP contribution in [0.15, 0.2) is 30.5 Å². The van der Waals surface area contributed by atoms with Gasteiger partial charge in [0.2, 0.25) is 29.5 Å². The Hall–Kier alpha value is -5.03. The Kier molecular flexibility index (Phi) is 19.5. The number of nitrogens with one attached hydrogen (secondary N) is 6. The molecule has 5 amide bonds. The highest BCUT2D eigenvalue weighted by Gasteiger charge is 2.35. The monoisotopic (exact) mass is 786 g/mol. The van der Waals surface area contributed by atoms with Crippen LogP contribution in [-0.2, 0) is 40.0 Å². The summed E-state index contributed by atoms with van der Waals surface area (Å²) >= 11 is 0. The lowest BCUT2D eigenvalue weighted by atomic mass is 9.95. The fourth-order valence-electron chi connectivity index (χ4n) is 6.21. The number of carbonyl (C=O) groups is 7. The van der Waals surface area contributed by atoms with Gasteiger partial charge in [0, 0.05) is 23.5 Å². The molecule has 312 valence electrons. The van der Waals surface area contributed by atoms with Crippen LogP contribution in [0.3, 0.4) is 0 Å². The van der Waals surface area contributed by atoms with Crippen LogP contribution in [0.5, 0.6) is 0 Å². The Balaban J connectivity index is 2.47. The number of carboxylic acids is 2. The van der Waals surface area contributed by atoms with E-state index >= 15 is 0 Å². The highest BCUT2D eigenvalue weighted by molar-refractivity contribution is 5.97. The van der Waals surface area contributed by atoms with Gasteiger partial charge in [0.1, 0.15) is 30.2 Å². The first kappa shape index (κ1) is 47.1. The van der Waals surface area contributed by atoms with E-state index in [0.29, 0.717) is 31.4 Å². The quantitative estimate of drug-likeness (QED) is 0.0640. The van der Waals surface area contributed by atoms with E-state index in [1.807, 2.05) is 58.9 Å². The molecule has 1 aromatic carbocycles. The van der Waals surface area contributed by atoms with Crippen LogP contribution in [0.25, 0.3) is 10.9 Å². The Morgan fingerprint density at radius 1 is 0.714 bits per heavy atom. The maximum absolute atomic E-state index is 14.2. The third kappa shape index (κ3) is 15.2. The minimum Gasteiger partial charge on any atom is -0.481 e. The molecule has 1 heterocycles. The van der Waals surface area contributed by atoms with E-state index in [1.54, 1.807) is 13.1 Å². The maximum atomic E-state index is 14.2. The summed E-state index contributed by atoms with van der Waals surface area (Å²) in [5, 5.41) is 33.0. The molecule has 56 heavy (non-hydrogen) atoms. The minimum atomic E-state index is -1.40.